The van der Waals surface area contributed by atoms with Crippen molar-refractivity contribution in [3.8, 4) is 6.07 Å². The van der Waals surface area contributed by atoms with E-state index < -0.39 is 12.1 Å². The molecule has 1 fully saturated rings. The fourth-order valence-corrected chi connectivity index (χ4v) is 2.33. The Morgan fingerprint density at radius 1 is 1.60 bits per heavy atom. The lowest BCUT2D eigenvalue weighted by atomic mass is 9.88. The van der Waals surface area contributed by atoms with Crippen LogP contribution in [-0.4, -0.2) is 30.4 Å². The lowest BCUT2D eigenvalue weighted by Gasteiger charge is -2.23. The van der Waals surface area contributed by atoms with Crippen molar-refractivity contribution < 1.29 is 9.59 Å². The van der Waals surface area contributed by atoms with E-state index in [4.69, 9.17) is 11.0 Å². The highest BCUT2D eigenvalue weighted by molar-refractivity contribution is 5.83. The maximum atomic E-state index is 12.0. The molecule has 0 spiro atoms. The van der Waals surface area contributed by atoms with Crippen LogP contribution in [0.3, 0.4) is 0 Å². The number of hydrogen-bond acceptors (Lipinski definition) is 4. The summed E-state index contributed by atoms with van der Waals surface area (Å²) in [6.45, 7) is 6.65. The fraction of sp³-hybridized carbons (Fsp3) is 0.786. The minimum atomic E-state index is -0.664. The third kappa shape index (κ3) is 5.17. The molecule has 1 aliphatic rings. The van der Waals surface area contributed by atoms with Gasteiger partial charge >= 0.3 is 0 Å². The normalized spacial score (nSPS) is 21.8. The van der Waals surface area contributed by atoms with Crippen molar-refractivity contribution in [3.63, 3.8) is 0 Å². The molecule has 4 N–H and O–H groups in total. The monoisotopic (exact) mass is 280 g/mol. The first-order valence-corrected chi connectivity index (χ1v) is 6.96. The molecule has 6 heteroatoms. The van der Waals surface area contributed by atoms with Gasteiger partial charge in [0.25, 0.3) is 0 Å². The number of nitrogens with two attached hydrogens (primary N) is 1. The fourth-order valence-electron chi connectivity index (χ4n) is 2.33. The summed E-state index contributed by atoms with van der Waals surface area (Å²) in [4.78, 5) is 23.4. The van der Waals surface area contributed by atoms with Crippen LogP contribution in [0.2, 0.25) is 0 Å². The van der Waals surface area contributed by atoms with Crippen LogP contribution in [0.4, 0.5) is 0 Å². The van der Waals surface area contributed by atoms with Crippen LogP contribution in [0, 0.1) is 22.7 Å². The SMILES string of the molecule is CC(C)(C)C[C@H](N)C(=O)N[C@@H](C#N)C[C@@H]1CCNC1=O. The molecule has 6 nitrogen and oxygen atoms in total. The van der Waals surface area contributed by atoms with Crippen LogP contribution in [0.15, 0.2) is 0 Å². The summed E-state index contributed by atoms with van der Waals surface area (Å²) in [7, 11) is 0. The highest BCUT2D eigenvalue weighted by atomic mass is 16.2. The minimum absolute atomic E-state index is 0.0431. The molecule has 0 unspecified atom stereocenters. The van der Waals surface area contributed by atoms with E-state index in [1.54, 1.807) is 0 Å². The molecule has 3 atom stereocenters. The Balaban J connectivity index is 2.49. The number of nitriles is 1. The summed E-state index contributed by atoms with van der Waals surface area (Å²) < 4.78 is 0. The molecule has 1 aliphatic heterocycles. The van der Waals surface area contributed by atoms with Gasteiger partial charge in [0, 0.05) is 12.5 Å². The van der Waals surface area contributed by atoms with E-state index >= 15 is 0 Å². The predicted octanol–water partition coefficient (Wildman–Crippen LogP) is 0.284. The Hall–Kier alpha value is -1.61. The second-order valence-corrected chi connectivity index (χ2v) is 6.57. The Kier molecular flexibility index (Phi) is 5.52. The lowest BCUT2D eigenvalue weighted by molar-refractivity contribution is -0.125. The van der Waals surface area contributed by atoms with Crippen LogP contribution in [0.1, 0.15) is 40.0 Å². The zero-order chi connectivity index (χ0) is 15.3. The van der Waals surface area contributed by atoms with E-state index in [1.165, 1.54) is 0 Å². The topological polar surface area (TPSA) is 108 Å². The Morgan fingerprint density at radius 2 is 2.25 bits per heavy atom. The van der Waals surface area contributed by atoms with Crippen LogP contribution >= 0.6 is 0 Å². The van der Waals surface area contributed by atoms with Gasteiger partial charge in [-0.3, -0.25) is 9.59 Å². The van der Waals surface area contributed by atoms with Crippen LogP contribution in [0.25, 0.3) is 0 Å². The summed E-state index contributed by atoms with van der Waals surface area (Å²) in [6.07, 6.45) is 1.60. The Labute approximate surface area is 120 Å². The number of nitrogens with zero attached hydrogens (tertiary/aromatic N) is 1. The van der Waals surface area contributed by atoms with Crippen molar-refractivity contribution in [1.82, 2.24) is 10.6 Å². The van der Waals surface area contributed by atoms with E-state index in [2.05, 4.69) is 10.6 Å². The summed E-state index contributed by atoms with van der Waals surface area (Å²) in [5, 5.41) is 14.5. The third-order valence-corrected chi connectivity index (χ3v) is 3.32. The maximum Gasteiger partial charge on any atom is 0.237 e. The first-order valence-electron chi connectivity index (χ1n) is 6.96. The van der Waals surface area contributed by atoms with Gasteiger partial charge in [0.15, 0.2) is 0 Å². The molecule has 0 aromatic carbocycles. The van der Waals surface area contributed by atoms with Gasteiger partial charge in [0.1, 0.15) is 6.04 Å². The summed E-state index contributed by atoms with van der Waals surface area (Å²) in [5.74, 6) is -0.567. The average Bonchev–Trinajstić information content (AvgIpc) is 2.71. The van der Waals surface area contributed by atoms with E-state index in [9.17, 15) is 9.59 Å². The second-order valence-electron chi connectivity index (χ2n) is 6.57. The molecular weight excluding hydrogens is 256 g/mol. The molecule has 1 rings (SSSR count). The van der Waals surface area contributed by atoms with E-state index in [0.29, 0.717) is 25.8 Å². The molecule has 20 heavy (non-hydrogen) atoms. The van der Waals surface area contributed by atoms with Gasteiger partial charge in [-0.25, -0.2) is 0 Å². The first-order chi connectivity index (χ1) is 9.23. The van der Waals surface area contributed by atoms with Gasteiger partial charge in [-0.15, -0.1) is 0 Å². The van der Waals surface area contributed by atoms with Gasteiger partial charge in [0.05, 0.1) is 12.1 Å². The number of amides is 2. The number of carbonyl (C=O) groups excluding carboxylic acids is 2. The zero-order valence-electron chi connectivity index (χ0n) is 12.4. The second kappa shape index (κ2) is 6.71. The number of nitrogens with one attached hydrogen (secondary N) is 2. The highest BCUT2D eigenvalue weighted by Crippen LogP contribution is 2.20. The standard InChI is InChI=1S/C14H24N4O2/c1-14(2,3)7-11(16)13(20)18-10(8-15)6-9-4-5-17-12(9)19/h9-11H,4-7,16H2,1-3H3,(H,17,19)(H,18,20)/t9-,10+,11-/m0/s1. The largest absolute Gasteiger partial charge is 0.356 e. The van der Waals surface area contributed by atoms with Gasteiger partial charge in [-0.05, 0) is 24.7 Å². The summed E-state index contributed by atoms with van der Waals surface area (Å²) in [5.41, 5.74) is 5.79. The zero-order valence-corrected chi connectivity index (χ0v) is 12.4. The quantitative estimate of drug-likeness (QED) is 0.672. The number of hydrogen-bond donors (Lipinski definition) is 3. The molecule has 0 aromatic heterocycles. The van der Waals surface area contributed by atoms with Crippen molar-refractivity contribution in [3.05, 3.63) is 0 Å². The van der Waals surface area contributed by atoms with Crippen molar-refractivity contribution >= 4 is 11.8 Å². The predicted molar refractivity (Wildman–Crippen MR) is 75.3 cm³/mol. The molecule has 1 saturated heterocycles. The van der Waals surface area contributed by atoms with E-state index in [0.717, 1.165) is 0 Å². The molecule has 0 aromatic rings. The molecule has 2 amide bonds. The minimum Gasteiger partial charge on any atom is -0.356 e. The van der Waals surface area contributed by atoms with Gasteiger partial charge < -0.3 is 16.4 Å². The van der Waals surface area contributed by atoms with Crippen molar-refractivity contribution in [1.29, 1.82) is 5.26 Å². The van der Waals surface area contributed by atoms with Gasteiger partial charge in [-0.2, -0.15) is 5.26 Å². The van der Waals surface area contributed by atoms with Crippen LogP contribution in [-0.2, 0) is 9.59 Å². The van der Waals surface area contributed by atoms with Crippen LogP contribution in [0.5, 0.6) is 0 Å². The Bertz CT molecular complexity index is 408. The Morgan fingerprint density at radius 3 is 2.70 bits per heavy atom. The van der Waals surface area contributed by atoms with Crippen molar-refractivity contribution in [2.24, 2.45) is 17.1 Å². The molecule has 112 valence electrons. The van der Waals surface area contributed by atoms with Crippen LogP contribution < -0.4 is 16.4 Å². The van der Waals surface area contributed by atoms with Gasteiger partial charge in [0.2, 0.25) is 11.8 Å². The third-order valence-electron chi connectivity index (χ3n) is 3.32. The summed E-state index contributed by atoms with van der Waals surface area (Å²) >= 11 is 0. The first kappa shape index (κ1) is 16.4. The van der Waals surface area contributed by atoms with Crippen molar-refractivity contribution in [2.75, 3.05) is 6.54 Å². The molecule has 0 saturated carbocycles. The number of rotatable bonds is 5. The summed E-state index contributed by atoms with van der Waals surface area (Å²) in [6, 6.07) is 0.730. The maximum absolute atomic E-state index is 12.0. The molecule has 0 radical (unpaired) electrons. The average molecular weight is 280 g/mol. The lowest BCUT2D eigenvalue weighted by Crippen LogP contribution is -2.47. The number of carbonyl (C=O) groups is 2. The van der Waals surface area contributed by atoms with Gasteiger partial charge in [-0.1, -0.05) is 20.8 Å². The molecule has 0 bridgehead atoms. The highest BCUT2D eigenvalue weighted by Gasteiger charge is 2.29. The molecular formula is C14H24N4O2. The van der Waals surface area contributed by atoms with E-state index in [1.807, 2.05) is 26.8 Å². The molecule has 0 aliphatic carbocycles. The van der Waals surface area contributed by atoms with Crippen molar-refractivity contribution in [2.45, 2.75) is 52.1 Å². The smallest absolute Gasteiger partial charge is 0.237 e. The van der Waals surface area contributed by atoms with E-state index in [-0.39, 0.29) is 23.1 Å². The molecule has 1 heterocycles.